The average Bonchev–Trinajstić information content (AvgIpc) is 3.04. The second-order valence-corrected chi connectivity index (χ2v) is 5.92. The van der Waals surface area contributed by atoms with Crippen molar-refractivity contribution in [2.75, 3.05) is 13.1 Å². The van der Waals surface area contributed by atoms with Gasteiger partial charge in [-0.3, -0.25) is 9.78 Å². The molecule has 1 saturated heterocycles. The number of rotatable bonds is 5. The normalized spacial score (nSPS) is 21.8. The van der Waals surface area contributed by atoms with Gasteiger partial charge >= 0.3 is 0 Å². The molecule has 1 amide bonds. The van der Waals surface area contributed by atoms with E-state index in [9.17, 15) is 4.79 Å². The smallest absolute Gasteiger partial charge is 0.237 e. The Hall–Kier alpha value is -2.24. The summed E-state index contributed by atoms with van der Waals surface area (Å²) in [6.45, 7) is 1.63. The van der Waals surface area contributed by atoms with Gasteiger partial charge in [0.25, 0.3) is 0 Å². The summed E-state index contributed by atoms with van der Waals surface area (Å²) in [4.78, 5) is 16.6. The van der Waals surface area contributed by atoms with E-state index in [2.05, 4.69) is 27.8 Å². The standard InChI is InChI=1S/C18H22N4O/c19-16(10-14-8-4-5-9-21-14)18(23)22-17-12-20-11-15(17)13-6-2-1-3-7-13/h1-9,15-17,20H,10-12,19H2,(H,22,23)/t15-,16+,17+/m0/s1. The first-order valence-electron chi connectivity index (χ1n) is 7.95. The lowest BCUT2D eigenvalue weighted by Gasteiger charge is -2.22. The lowest BCUT2D eigenvalue weighted by Crippen LogP contribution is -2.48. The Balaban J connectivity index is 1.60. The molecule has 1 aromatic carbocycles. The number of hydrogen-bond acceptors (Lipinski definition) is 4. The van der Waals surface area contributed by atoms with Gasteiger partial charge < -0.3 is 16.4 Å². The SMILES string of the molecule is N[C@H](Cc1ccccn1)C(=O)N[C@@H]1CNC[C@H]1c1ccccc1. The molecule has 4 N–H and O–H groups in total. The third-order valence-electron chi connectivity index (χ3n) is 4.26. The van der Waals surface area contributed by atoms with E-state index >= 15 is 0 Å². The Morgan fingerprint density at radius 3 is 2.74 bits per heavy atom. The number of nitrogens with two attached hydrogens (primary N) is 1. The fourth-order valence-electron chi connectivity index (χ4n) is 3.01. The number of carbonyl (C=O) groups excluding carboxylic acids is 1. The zero-order valence-electron chi connectivity index (χ0n) is 13.0. The molecule has 1 fully saturated rings. The fraction of sp³-hybridized carbons (Fsp3) is 0.333. The van der Waals surface area contributed by atoms with Crippen molar-refractivity contribution < 1.29 is 4.79 Å². The van der Waals surface area contributed by atoms with Crippen molar-refractivity contribution in [1.82, 2.24) is 15.6 Å². The molecule has 5 heteroatoms. The Morgan fingerprint density at radius 2 is 2.00 bits per heavy atom. The van der Waals surface area contributed by atoms with Crippen LogP contribution in [-0.2, 0) is 11.2 Å². The van der Waals surface area contributed by atoms with Crippen LogP contribution in [0.4, 0.5) is 0 Å². The molecule has 5 nitrogen and oxygen atoms in total. The molecule has 2 heterocycles. The van der Waals surface area contributed by atoms with Crippen molar-refractivity contribution >= 4 is 5.91 Å². The molecular formula is C18H22N4O. The van der Waals surface area contributed by atoms with Crippen molar-refractivity contribution in [2.45, 2.75) is 24.4 Å². The topological polar surface area (TPSA) is 80.0 Å². The number of nitrogens with zero attached hydrogens (tertiary/aromatic N) is 1. The molecule has 23 heavy (non-hydrogen) atoms. The first-order chi connectivity index (χ1) is 11.2. The van der Waals surface area contributed by atoms with Crippen molar-refractivity contribution in [3.05, 3.63) is 66.0 Å². The summed E-state index contributed by atoms with van der Waals surface area (Å²) in [7, 11) is 0. The number of amides is 1. The van der Waals surface area contributed by atoms with Gasteiger partial charge in [-0.2, -0.15) is 0 Å². The van der Waals surface area contributed by atoms with E-state index in [1.165, 1.54) is 5.56 Å². The Labute approximate surface area is 136 Å². The monoisotopic (exact) mass is 310 g/mol. The number of benzene rings is 1. The van der Waals surface area contributed by atoms with Gasteiger partial charge in [0.1, 0.15) is 0 Å². The molecule has 0 saturated carbocycles. The first kappa shape index (κ1) is 15.6. The van der Waals surface area contributed by atoms with E-state index in [-0.39, 0.29) is 17.9 Å². The highest BCUT2D eigenvalue weighted by molar-refractivity contribution is 5.82. The highest BCUT2D eigenvalue weighted by atomic mass is 16.2. The van der Waals surface area contributed by atoms with E-state index in [1.54, 1.807) is 6.20 Å². The van der Waals surface area contributed by atoms with Gasteiger partial charge in [-0.05, 0) is 17.7 Å². The Morgan fingerprint density at radius 1 is 1.22 bits per heavy atom. The first-order valence-corrected chi connectivity index (χ1v) is 7.95. The van der Waals surface area contributed by atoms with Crippen LogP contribution in [0.1, 0.15) is 17.2 Å². The summed E-state index contributed by atoms with van der Waals surface area (Å²) in [5.41, 5.74) is 8.11. The van der Waals surface area contributed by atoms with Gasteiger partial charge in [0.05, 0.1) is 6.04 Å². The summed E-state index contributed by atoms with van der Waals surface area (Å²) < 4.78 is 0. The Bertz CT molecular complexity index is 632. The summed E-state index contributed by atoms with van der Waals surface area (Å²) in [5, 5.41) is 6.44. The second kappa shape index (κ2) is 7.35. The molecule has 0 unspecified atom stereocenters. The number of pyridine rings is 1. The third-order valence-corrected chi connectivity index (χ3v) is 4.26. The van der Waals surface area contributed by atoms with Crippen LogP contribution in [0.2, 0.25) is 0 Å². The predicted octanol–water partition coefficient (Wildman–Crippen LogP) is 0.823. The summed E-state index contributed by atoms with van der Waals surface area (Å²) in [6.07, 6.45) is 2.16. The van der Waals surface area contributed by atoms with Crippen LogP contribution in [0.15, 0.2) is 54.7 Å². The molecule has 0 radical (unpaired) electrons. The molecule has 120 valence electrons. The molecule has 3 atom stereocenters. The summed E-state index contributed by atoms with van der Waals surface area (Å²) >= 11 is 0. The minimum absolute atomic E-state index is 0.0692. The van der Waals surface area contributed by atoms with Crippen LogP contribution in [0.25, 0.3) is 0 Å². The number of aromatic nitrogens is 1. The van der Waals surface area contributed by atoms with E-state index in [0.717, 1.165) is 18.8 Å². The van der Waals surface area contributed by atoms with E-state index in [1.807, 2.05) is 36.4 Å². The van der Waals surface area contributed by atoms with Gasteiger partial charge in [-0.1, -0.05) is 36.4 Å². The van der Waals surface area contributed by atoms with E-state index in [0.29, 0.717) is 6.42 Å². The number of carbonyl (C=O) groups is 1. The van der Waals surface area contributed by atoms with E-state index < -0.39 is 6.04 Å². The molecule has 0 bridgehead atoms. The third kappa shape index (κ3) is 3.94. The van der Waals surface area contributed by atoms with Gasteiger partial charge in [0.2, 0.25) is 5.91 Å². The van der Waals surface area contributed by atoms with Crippen molar-refractivity contribution in [3.63, 3.8) is 0 Å². The van der Waals surface area contributed by atoms with Crippen LogP contribution in [0.3, 0.4) is 0 Å². The quantitative estimate of drug-likeness (QED) is 0.764. The molecule has 2 aromatic rings. The highest BCUT2D eigenvalue weighted by Gasteiger charge is 2.30. The zero-order valence-corrected chi connectivity index (χ0v) is 13.0. The summed E-state index contributed by atoms with van der Waals surface area (Å²) in [5.74, 6) is 0.160. The van der Waals surface area contributed by atoms with Gasteiger partial charge in [-0.25, -0.2) is 0 Å². The van der Waals surface area contributed by atoms with Crippen LogP contribution in [0.5, 0.6) is 0 Å². The van der Waals surface area contributed by atoms with Crippen molar-refractivity contribution in [1.29, 1.82) is 0 Å². The zero-order chi connectivity index (χ0) is 16.1. The maximum Gasteiger partial charge on any atom is 0.237 e. The molecule has 1 aliphatic heterocycles. The summed E-state index contributed by atoms with van der Waals surface area (Å²) in [6, 6.07) is 15.4. The molecular weight excluding hydrogens is 288 g/mol. The van der Waals surface area contributed by atoms with Crippen LogP contribution < -0.4 is 16.4 Å². The minimum Gasteiger partial charge on any atom is -0.350 e. The van der Waals surface area contributed by atoms with Crippen molar-refractivity contribution in [3.8, 4) is 0 Å². The molecule has 0 aliphatic carbocycles. The van der Waals surface area contributed by atoms with Gasteiger partial charge in [0, 0.05) is 43.4 Å². The molecule has 3 rings (SSSR count). The lowest BCUT2D eigenvalue weighted by molar-refractivity contribution is -0.123. The van der Waals surface area contributed by atoms with Crippen LogP contribution >= 0.6 is 0 Å². The number of hydrogen-bond donors (Lipinski definition) is 3. The average molecular weight is 310 g/mol. The predicted molar refractivity (Wildman–Crippen MR) is 89.9 cm³/mol. The van der Waals surface area contributed by atoms with Gasteiger partial charge in [-0.15, -0.1) is 0 Å². The maximum atomic E-state index is 12.4. The highest BCUT2D eigenvalue weighted by Crippen LogP contribution is 2.22. The minimum atomic E-state index is -0.582. The van der Waals surface area contributed by atoms with E-state index in [4.69, 9.17) is 5.73 Å². The van der Waals surface area contributed by atoms with Crippen molar-refractivity contribution in [2.24, 2.45) is 5.73 Å². The Kier molecular flexibility index (Phi) is 5.00. The number of nitrogens with one attached hydrogen (secondary N) is 2. The second-order valence-electron chi connectivity index (χ2n) is 5.92. The molecule has 1 aromatic heterocycles. The molecule has 0 spiro atoms. The maximum absolute atomic E-state index is 12.4. The van der Waals surface area contributed by atoms with Crippen LogP contribution in [0, 0.1) is 0 Å². The van der Waals surface area contributed by atoms with Gasteiger partial charge in [0.15, 0.2) is 0 Å². The van der Waals surface area contributed by atoms with Crippen LogP contribution in [-0.4, -0.2) is 36.1 Å². The lowest BCUT2D eigenvalue weighted by atomic mass is 9.94. The fourth-order valence-corrected chi connectivity index (χ4v) is 3.01. The largest absolute Gasteiger partial charge is 0.350 e. The molecule has 1 aliphatic rings.